The minimum Gasteiger partial charge on any atom is -0.311 e. The summed E-state index contributed by atoms with van der Waals surface area (Å²) in [4.78, 5) is 9.55. The molecule has 12 aromatic carbocycles. The summed E-state index contributed by atoms with van der Waals surface area (Å²) in [5.41, 5.74) is 15.9. The van der Waals surface area contributed by atoms with Gasteiger partial charge in [0.2, 0.25) is 0 Å². The molecule has 342 valence electrons. The van der Waals surface area contributed by atoms with Gasteiger partial charge in [0.1, 0.15) is 0 Å². The fraction of sp³-hybridized carbons (Fsp3) is 0.0290. The van der Waals surface area contributed by atoms with E-state index >= 15 is 0 Å². The van der Waals surface area contributed by atoms with E-state index in [9.17, 15) is 0 Å². The van der Waals surface area contributed by atoms with E-state index in [1.807, 2.05) is 13.1 Å². The zero-order chi connectivity index (χ0) is 48.4. The van der Waals surface area contributed by atoms with Gasteiger partial charge < -0.3 is 9.80 Å². The predicted octanol–water partition coefficient (Wildman–Crippen LogP) is 19.7. The van der Waals surface area contributed by atoms with Crippen molar-refractivity contribution in [3.63, 3.8) is 0 Å². The molecule has 0 fully saturated rings. The number of para-hydroxylation sites is 4. The van der Waals surface area contributed by atoms with Crippen molar-refractivity contribution in [1.82, 2.24) is 0 Å². The molecule has 0 atom stereocenters. The summed E-state index contributed by atoms with van der Waals surface area (Å²) in [6, 6.07) is 94.6. The standard InChI is InChI=1S/C69H51N3/c1-3-65(70-4-2)69-61-35-21-19-33-59(61)68(60-34-20-22-36-62(60)69)50-41-46-63-64(47-50)67(49-39-44-56(45-40-49)72(53-27-13-7-14-28-53)54-29-15-8-16-30-54)58-32-18-17-31-57(58)66(63)48-37-42-55(43-38-48)71(51-23-9-5-10-24-51)52-25-11-6-12-26-52/h3-47H,1-2H3/b65-3-,70-4?. The highest BCUT2D eigenvalue weighted by atomic mass is 15.1. The van der Waals surface area contributed by atoms with E-state index in [1.54, 1.807) is 0 Å². The molecule has 0 spiro atoms. The highest BCUT2D eigenvalue weighted by molar-refractivity contribution is 6.24. The second-order valence-corrected chi connectivity index (χ2v) is 18.1. The van der Waals surface area contributed by atoms with Crippen LogP contribution in [0, 0.1) is 0 Å². The van der Waals surface area contributed by atoms with Crippen LogP contribution in [0.2, 0.25) is 0 Å². The van der Waals surface area contributed by atoms with Crippen molar-refractivity contribution >= 4 is 89.1 Å². The van der Waals surface area contributed by atoms with Gasteiger partial charge in [0.05, 0.1) is 5.70 Å². The van der Waals surface area contributed by atoms with Gasteiger partial charge in [-0.25, -0.2) is 0 Å². The van der Waals surface area contributed by atoms with Gasteiger partial charge in [-0.15, -0.1) is 0 Å². The average molecular weight is 922 g/mol. The van der Waals surface area contributed by atoms with Crippen LogP contribution in [0.4, 0.5) is 34.1 Å². The Morgan fingerprint density at radius 1 is 0.292 bits per heavy atom. The Labute approximate surface area is 421 Å². The Morgan fingerprint density at radius 2 is 0.583 bits per heavy atom. The van der Waals surface area contributed by atoms with Gasteiger partial charge in [-0.2, -0.15) is 0 Å². The molecule has 0 saturated heterocycles. The van der Waals surface area contributed by atoms with E-state index in [-0.39, 0.29) is 0 Å². The number of hydrogen-bond donors (Lipinski definition) is 0. The third kappa shape index (κ3) is 7.88. The fourth-order valence-electron chi connectivity index (χ4n) is 10.9. The monoisotopic (exact) mass is 921 g/mol. The Balaban J connectivity index is 1.11. The molecule has 0 radical (unpaired) electrons. The van der Waals surface area contributed by atoms with Crippen LogP contribution in [0.3, 0.4) is 0 Å². The second-order valence-electron chi connectivity index (χ2n) is 18.1. The van der Waals surface area contributed by atoms with Crippen LogP contribution in [0.25, 0.3) is 82.2 Å². The van der Waals surface area contributed by atoms with Gasteiger partial charge in [0.15, 0.2) is 0 Å². The van der Waals surface area contributed by atoms with Crippen molar-refractivity contribution in [1.29, 1.82) is 0 Å². The molecule has 0 aromatic heterocycles. The summed E-state index contributed by atoms with van der Waals surface area (Å²) >= 11 is 0. The minimum absolute atomic E-state index is 0.969. The lowest BCUT2D eigenvalue weighted by molar-refractivity contribution is 1.28. The quantitative estimate of drug-likeness (QED) is 0.0951. The van der Waals surface area contributed by atoms with Crippen molar-refractivity contribution in [3.8, 4) is 33.4 Å². The molecule has 0 amide bonds. The first-order valence-corrected chi connectivity index (χ1v) is 24.8. The van der Waals surface area contributed by atoms with Gasteiger partial charge in [0.25, 0.3) is 0 Å². The summed E-state index contributed by atoms with van der Waals surface area (Å²) in [6.45, 7) is 4.07. The summed E-state index contributed by atoms with van der Waals surface area (Å²) in [6.07, 6.45) is 4.02. The van der Waals surface area contributed by atoms with E-state index in [1.165, 1.54) is 59.8 Å². The molecule has 0 bridgehead atoms. The van der Waals surface area contributed by atoms with Crippen molar-refractivity contribution < 1.29 is 0 Å². The predicted molar refractivity (Wildman–Crippen MR) is 310 cm³/mol. The van der Waals surface area contributed by atoms with Crippen molar-refractivity contribution in [2.45, 2.75) is 13.8 Å². The Kier molecular flexibility index (Phi) is 11.7. The summed E-state index contributed by atoms with van der Waals surface area (Å²) in [5, 5.41) is 9.55. The lowest BCUT2D eigenvalue weighted by atomic mass is 9.83. The third-order valence-corrected chi connectivity index (χ3v) is 13.9. The second kappa shape index (κ2) is 19.2. The maximum Gasteiger partial charge on any atom is 0.0667 e. The molecule has 0 unspecified atom stereocenters. The highest BCUT2D eigenvalue weighted by Gasteiger charge is 2.22. The van der Waals surface area contributed by atoms with E-state index in [4.69, 9.17) is 4.99 Å². The van der Waals surface area contributed by atoms with Gasteiger partial charge in [-0.05, 0) is 169 Å². The molecular weight excluding hydrogens is 871 g/mol. The molecule has 12 aromatic rings. The zero-order valence-electron chi connectivity index (χ0n) is 40.3. The molecular formula is C69H51N3. The lowest BCUT2D eigenvalue weighted by Crippen LogP contribution is -2.09. The molecule has 72 heavy (non-hydrogen) atoms. The van der Waals surface area contributed by atoms with E-state index < -0.39 is 0 Å². The van der Waals surface area contributed by atoms with Crippen LogP contribution in [0.5, 0.6) is 0 Å². The Morgan fingerprint density at radius 3 is 0.958 bits per heavy atom. The number of rotatable bonds is 11. The molecule has 0 heterocycles. The molecule has 0 aliphatic heterocycles. The van der Waals surface area contributed by atoms with E-state index in [2.05, 4.69) is 284 Å². The normalized spacial score (nSPS) is 11.8. The largest absolute Gasteiger partial charge is 0.311 e. The van der Waals surface area contributed by atoms with E-state index in [0.29, 0.717) is 0 Å². The maximum absolute atomic E-state index is 4.90. The van der Waals surface area contributed by atoms with Gasteiger partial charge in [-0.3, -0.25) is 4.99 Å². The van der Waals surface area contributed by atoms with Crippen LogP contribution in [0.15, 0.2) is 272 Å². The van der Waals surface area contributed by atoms with Crippen molar-refractivity contribution in [2.24, 2.45) is 4.99 Å². The molecule has 0 N–H and O–H groups in total. The number of fused-ring (bicyclic) bond motifs is 4. The van der Waals surface area contributed by atoms with Crippen LogP contribution in [-0.2, 0) is 0 Å². The summed E-state index contributed by atoms with van der Waals surface area (Å²) < 4.78 is 0. The van der Waals surface area contributed by atoms with Gasteiger partial charge in [-0.1, -0.05) is 188 Å². The first kappa shape index (κ1) is 43.9. The lowest BCUT2D eigenvalue weighted by Gasteiger charge is -2.26. The molecule has 3 heteroatoms. The number of aliphatic imine (C=N–C) groups is 1. The zero-order valence-corrected chi connectivity index (χ0v) is 40.3. The molecule has 12 rings (SSSR count). The topological polar surface area (TPSA) is 18.8 Å². The summed E-state index contributed by atoms with van der Waals surface area (Å²) in [7, 11) is 0. The number of nitrogens with zero attached hydrogens (tertiary/aromatic N) is 3. The first-order chi connectivity index (χ1) is 35.7. The van der Waals surface area contributed by atoms with Crippen LogP contribution in [-0.4, -0.2) is 6.21 Å². The first-order valence-electron chi connectivity index (χ1n) is 24.8. The highest BCUT2D eigenvalue weighted by Crippen LogP contribution is 2.49. The van der Waals surface area contributed by atoms with Crippen molar-refractivity contribution in [3.05, 3.63) is 272 Å². The molecule has 0 saturated carbocycles. The Hall–Kier alpha value is -9.31. The maximum atomic E-state index is 4.90. The SMILES string of the molecule is CC=N/C(=C\C)c1c2ccccc2c(-c2ccc3c(-c4ccc(N(c5ccccc5)c5ccccc5)cc4)c4ccccc4c(-c4ccc(N(c5ccccc5)c5ccccc5)cc4)c3c2)c2ccccc12. The fourth-order valence-corrected chi connectivity index (χ4v) is 10.9. The van der Waals surface area contributed by atoms with Gasteiger partial charge >= 0.3 is 0 Å². The number of allylic oxidation sites excluding steroid dienone is 1. The van der Waals surface area contributed by atoms with Crippen LogP contribution >= 0.6 is 0 Å². The van der Waals surface area contributed by atoms with Gasteiger partial charge in [0, 0.05) is 45.9 Å². The number of benzene rings is 12. The third-order valence-electron chi connectivity index (χ3n) is 13.9. The number of anilines is 6. The van der Waals surface area contributed by atoms with E-state index in [0.717, 1.165) is 62.1 Å². The number of hydrogen-bond acceptors (Lipinski definition) is 3. The average Bonchev–Trinajstić information content (AvgIpc) is 3.45. The Bertz CT molecular complexity index is 3820. The van der Waals surface area contributed by atoms with Crippen LogP contribution < -0.4 is 9.80 Å². The van der Waals surface area contributed by atoms with Crippen molar-refractivity contribution in [2.75, 3.05) is 9.80 Å². The summed E-state index contributed by atoms with van der Waals surface area (Å²) in [5.74, 6) is 0. The molecule has 0 aliphatic carbocycles. The minimum atomic E-state index is 0.969. The molecule has 0 aliphatic rings. The van der Waals surface area contributed by atoms with Crippen LogP contribution in [0.1, 0.15) is 19.4 Å². The smallest absolute Gasteiger partial charge is 0.0667 e. The molecule has 3 nitrogen and oxygen atoms in total.